The van der Waals surface area contributed by atoms with Crippen LogP contribution in [0.1, 0.15) is 31.7 Å². The molecular formula is C15H24N2. The Kier molecular flexibility index (Phi) is 4.57. The predicted molar refractivity (Wildman–Crippen MR) is 73.0 cm³/mol. The highest BCUT2D eigenvalue weighted by atomic mass is 15.2. The molecule has 94 valence electrons. The molecule has 1 aromatic carbocycles. The number of nitrogens with zero attached hydrogens (tertiary/aromatic N) is 1. The number of hydrogen-bond donors (Lipinski definition) is 1. The van der Waals surface area contributed by atoms with Crippen LogP contribution in [0.15, 0.2) is 30.3 Å². The van der Waals surface area contributed by atoms with Crippen LogP contribution in [-0.4, -0.2) is 30.1 Å². The molecule has 0 saturated carbocycles. The third-order valence-electron chi connectivity index (χ3n) is 3.79. The Morgan fingerprint density at radius 1 is 1.35 bits per heavy atom. The highest BCUT2D eigenvalue weighted by Crippen LogP contribution is 2.17. The topological polar surface area (TPSA) is 29.3 Å². The summed E-state index contributed by atoms with van der Waals surface area (Å²) >= 11 is 0. The Morgan fingerprint density at radius 3 is 2.76 bits per heavy atom. The zero-order chi connectivity index (χ0) is 12.1. The summed E-state index contributed by atoms with van der Waals surface area (Å²) in [6.45, 7) is 4.58. The van der Waals surface area contributed by atoms with Gasteiger partial charge in [-0.15, -0.1) is 0 Å². The maximum absolute atomic E-state index is 6.07. The summed E-state index contributed by atoms with van der Waals surface area (Å²) in [5.74, 6) is 0. The average molecular weight is 232 g/mol. The van der Waals surface area contributed by atoms with Crippen molar-refractivity contribution in [1.82, 2.24) is 4.90 Å². The lowest BCUT2D eigenvalue weighted by Crippen LogP contribution is -2.48. The molecule has 1 saturated heterocycles. The second kappa shape index (κ2) is 6.18. The Bertz CT molecular complexity index is 323. The summed E-state index contributed by atoms with van der Waals surface area (Å²) in [7, 11) is 0. The first-order valence-electron chi connectivity index (χ1n) is 6.83. The molecule has 2 rings (SSSR count). The van der Waals surface area contributed by atoms with Crippen molar-refractivity contribution in [3.8, 4) is 0 Å². The van der Waals surface area contributed by atoms with Crippen molar-refractivity contribution in [2.45, 2.75) is 44.7 Å². The van der Waals surface area contributed by atoms with Crippen molar-refractivity contribution < 1.29 is 0 Å². The Morgan fingerprint density at radius 2 is 2.12 bits per heavy atom. The summed E-state index contributed by atoms with van der Waals surface area (Å²) in [6.07, 6.45) is 4.82. The van der Waals surface area contributed by atoms with Gasteiger partial charge in [0.1, 0.15) is 0 Å². The van der Waals surface area contributed by atoms with Crippen LogP contribution in [0.4, 0.5) is 0 Å². The van der Waals surface area contributed by atoms with E-state index in [0.717, 1.165) is 13.0 Å². The van der Waals surface area contributed by atoms with Crippen LogP contribution in [0.3, 0.4) is 0 Å². The van der Waals surface area contributed by atoms with E-state index in [2.05, 4.69) is 42.2 Å². The summed E-state index contributed by atoms with van der Waals surface area (Å²) in [5.41, 5.74) is 7.51. The van der Waals surface area contributed by atoms with Crippen molar-refractivity contribution in [2.75, 3.05) is 13.1 Å². The summed E-state index contributed by atoms with van der Waals surface area (Å²) < 4.78 is 0. The summed E-state index contributed by atoms with van der Waals surface area (Å²) in [6, 6.07) is 11.8. The van der Waals surface area contributed by atoms with Crippen molar-refractivity contribution in [3.05, 3.63) is 35.9 Å². The van der Waals surface area contributed by atoms with Gasteiger partial charge in [-0.1, -0.05) is 37.3 Å². The molecule has 17 heavy (non-hydrogen) atoms. The summed E-state index contributed by atoms with van der Waals surface area (Å²) in [4.78, 5) is 2.58. The van der Waals surface area contributed by atoms with Gasteiger partial charge in [0.2, 0.25) is 0 Å². The van der Waals surface area contributed by atoms with Crippen molar-refractivity contribution >= 4 is 0 Å². The number of benzene rings is 1. The van der Waals surface area contributed by atoms with Crippen molar-refractivity contribution in [2.24, 2.45) is 5.73 Å². The van der Waals surface area contributed by atoms with Gasteiger partial charge < -0.3 is 5.73 Å². The van der Waals surface area contributed by atoms with Gasteiger partial charge in [-0.25, -0.2) is 0 Å². The molecule has 0 aromatic heterocycles. The lowest BCUT2D eigenvalue weighted by Gasteiger charge is -2.37. The second-order valence-electron chi connectivity index (χ2n) is 5.15. The Balaban J connectivity index is 1.96. The summed E-state index contributed by atoms with van der Waals surface area (Å²) in [5, 5.41) is 0. The van der Waals surface area contributed by atoms with Crippen molar-refractivity contribution in [3.63, 3.8) is 0 Å². The van der Waals surface area contributed by atoms with Crippen LogP contribution in [0.5, 0.6) is 0 Å². The molecule has 2 heteroatoms. The van der Waals surface area contributed by atoms with E-state index in [4.69, 9.17) is 5.73 Å². The fourth-order valence-corrected chi connectivity index (χ4v) is 2.79. The van der Waals surface area contributed by atoms with Crippen LogP contribution in [0.25, 0.3) is 0 Å². The molecule has 1 aliphatic heterocycles. The first kappa shape index (κ1) is 12.6. The van der Waals surface area contributed by atoms with Gasteiger partial charge in [0.05, 0.1) is 0 Å². The zero-order valence-corrected chi connectivity index (χ0v) is 10.8. The zero-order valence-electron chi connectivity index (χ0n) is 10.8. The van der Waals surface area contributed by atoms with Crippen LogP contribution >= 0.6 is 0 Å². The van der Waals surface area contributed by atoms with Crippen molar-refractivity contribution in [1.29, 1.82) is 0 Å². The van der Waals surface area contributed by atoms with Crippen LogP contribution in [-0.2, 0) is 6.42 Å². The van der Waals surface area contributed by atoms with E-state index in [1.54, 1.807) is 0 Å². The molecule has 1 aliphatic rings. The maximum atomic E-state index is 6.07. The molecule has 1 fully saturated rings. The predicted octanol–water partition coefficient (Wildman–Crippen LogP) is 2.43. The number of likely N-dealkylation sites (tertiary alicyclic amines) is 1. The van der Waals surface area contributed by atoms with Gasteiger partial charge in [-0.05, 0) is 37.8 Å². The fourth-order valence-electron chi connectivity index (χ4n) is 2.79. The first-order valence-corrected chi connectivity index (χ1v) is 6.83. The van der Waals surface area contributed by atoms with Gasteiger partial charge in [0.25, 0.3) is 0 Å². The molecule has 1 aromatic rings. The van der Waals surface area contributed by atoms with E-state index in [9.17, 15) is 0 Å². The smallest absolute Gasteiger partial charge is 0.0168 e. The number of nitrogens with two attached hydrogens (primary N) is 1. The SMILES string of the molecule is CCC(Cc1ccccc1)N1CCCC(N)C1. The molecule has 0 radical (unpaired) electrons. The minimum Gasteiger partial charge on any atom is -0.327 e. The van der Waals surface area contributed by atoms with E-state index in [0.29, 0.717) is 12.1 Å². The third kappa shape index (κ3) is 3.55. The van der Waals surface area contributed by atoms with Crippen LogP contribution in [0, 0.1) is 0 Å². The quantitative estimate of drug-likeness (QED) is 0.864. The number of hydrogen-bond acceptors (Lipinski definition) is 2. The average Bonchev–Trinajstić information content (AvgIpc) is 2.37. The Hall–Kier alpha value is -0.860. The maximum Gasteiger partial charge on any atom is 0.0168 e. The van der Waals surface area contributed by atoms with E-state index in [1.807, 2.05) is 0 Å². The highest BCUT2D eigenvalue weighted by Gasteiger charge is 2.22. The molecule has 0 spiro atoms. The normalized spacial score (nSPS) is 23.5. The van der Waals surface area contributed by atoms with Crippen LogP contribution in [0.2, 0.25) is 0 Å². The fraction of sp³-hybridized carbons (Fsp3) is 0.600. The molecule has 2 atom stereocenters. The molecule has 2 N–H and O–H groups in total. The highest BCUT2D eigenvalue weighted by molar-refractivity contribution is 5.16. The third-order valence-corrected chi connectivity index (χ3v) is 3.79. The monoisotopic (exact) mass is 232 g/mol. The van der Waals surface area contributed by atoms with Gasteiger partial charge in [-0.2, -0.15) is 0 Å². The Labute approximate surface area is 105 Å². The standard InChI is InChI=1S/C15H24N2/c1-2-15(11-13-7-4-3-5-8-13)17-10-6-9-14(16)12-17/h3-5,7-8,14-15H,2,6,9-12,16H2,1H3. The second-order valence-corrected chi connectivity index (χ2v) is 5.15. The van der Waals surface area contributed by atoms with Gasteiger partial charge >= 0.3 is 0 Å². The number of piperidine rings is 1. The molecule has 0 aliphatic carbocycles. The first-order chi connectivity index (χ1) is 8.29. The lowest BCUT2D eigenvalue weighted by molar-refractivity contribution is 0.144. The largest absolute Gasteiger partial charge is 0.327 e. The molecule has 0 bridgehead atoms. The van der Waals surface area contributed by atoms with E-state index in [-0.39, 0.29) is 0 Å². The number of rotatable bonds is 4. The minimum absolute atomic E-state index is 0.383. The van der Waals surface area contributed by atoms with E-state index >= 15 is 0 Å². The van der Waals surface area contributed by atoms with Gasteiger partial charge in [-0.3, -0.25) is 4.90 Å². The lowest BCUT2D eigenvalue weighted by atomic mass is 9.98. The van der Waals surface area contributed by atoms with E-state index in [1.165, 1.54) is 31.4 Å². The van der Waals surface area contributed by atoms with E-state index < -0.39 is 0 Å². The molecular weight excluding hydrogens is 208 g/mol. The van der Waals surface area contributed by atoms with Gasteiger partial charge in [0.15, 0.2) is 0 Å². The molecule has 1 heterocycles. The van der Waals surface area contributed by atoms with Crippen LogP contribution < -0.4 is 5.73 Å². The molecule has 2 unspecified atom stereocenters. The minimum atomic E-state index is 0.383. The van der Waals surface area contributed by atoms with Gasteiger partial charge in [0, 0.05) is 18.6 Å². The molecule has 0 amide bonds. The molecule has 2 nitrogen and oxygen atoms in total.